The van der Waals surface area contributed by atoms with Gasteiger partial charge in [0.15, 0.2) is 5.78 Å². The van der Waals surface area contributed by atoms with Gasteiger partial charge < -0.3 is 5.11 Å². The molecule has 1 aliphatic rings. The van der Waals surface area contributed by atoms with Gasteiger partial charge in [-0.05, 0) is 38.3 Å². The van der Waals surface area contributed by atoms with Crippen LogP contribution in [-0.2, 0) is 10.0 Å². The van der Waals surface area contributed by atoms with Gasteiger partial charge >= 0.3 is 0 Å². The molecule has 2 atom stereocenters. The molecule has 0 amide bonds. The van der Waals surface area contributed by atoms with E-state index in [1.807, 2.05) is 0 Å². The summed E-state index contributed by atoms with van der Waals surface area (Å²) in [4.78, 5) is 11.4. The molecule has 110 valence electrons. The summed E-state index contributed by atoms with van der Waals surface area (Å²) in [5.41, 5.74) is 0.493. The number of rotatable bonds is 4. The van der Waals surface area contributed by atoms with Gasteiger partial charge in [0, 0.05) is 18.7 Å². The van der Waals surface area contributed by atoms with Crippen LogP contribution < -0.4 is 0 Å². The highest BCUT2D eigenvalue weighted by molar-refractivity contribution is 7.89. The van der Waals surface area contributed by atoms with E-state index < -0.39 is 16.1 Å². The SMILES string of the molecule is CC(=O)c1ccc(S(=O)(=O)N2CCC(C(C)O)C2)cc1. The van der Waals surface area contributed by atoms with Crippen molar-refractivity contribution in [1.29, 1.82) is 0 Å². The number of carbonyl (C=O) groups is 1. The number of hydrogen-bond donors (Lipinski definition) is 1. The zero-order chi connectivity index (χ0) is 14.9. The monoisotopic (exact) mass is 297 g/mol. The normalized spacial score (nSPS) is 21.9. The first-order valence-electron chi connectivity index (χ1n) is 6.61. The first kappa shape index (κ1) is 15.2. The van der Waals surface area contributed by atoms with Crippen LogP contribution in [0.4, 0.5) is 0 Å². The highest BCUT2D eigenvalue weighted by Gasteiger charge is 2.34. The zero-order valence-corrected chi connectivity index (χ0v) is 12.4. The lowest BCUT2D eigenvalue weighted by Gasteiger charge is -2.17. The number of aliphatic hydroxyl groups excluding tert-OH is 1. The predicted molar refractivity (Wildman–Crippen MR) is 75.0 cm³/mol. The molecule has 1 fully saturated rings. The van der Waals surface area contributed by atoms with Gasteiger partial charge in [0.1, 0.15) is 0 Å². The highest BCUT2D eigenvalue weighted by Crippen LogP contribution is 2.26. The molecule has 1 aromatic rings. The Morgan fingerprint density at radius 2 is 1.95 bits per heavy atom. The molecule has 1 saturated heterocycles. The first-order chi connectivity index (χ1) is 9.32. The van der Waals surface area contributed by atoms with Crippen LogP contribution in [0.5, 0.6) is 0 Å². The van der Waals surface area contributed by atoms with Crippen molar-refractivity contribution < 1.29 is 18.3 Å². The maximum absolute atomic E-state index is 12.4. The number of Topliss-reactive ketones (excluding diaryl/α,β-unsaturated/α-hetero) is 1. The van der Waals surface area contributed by atoms with E-state index in [-0.39, 0.29) is 16.6 Å². The molecule has 2 rings (SSSR count). The second-order valence-electron chi connectivity index (χ2n) is 5.23. The average Bonchev–Trinajstić information content (AvgIpc) is 2.89. The van der Waals surface area contributed by atoms with E-state index in [9.17, 15) is 18.3 Å². The van der Waals surface area contributed by atoms with Crippen molar-refractivity contribution in [2.45, 2.75) is 31.3 Å². The highest BCUT2D eigenvalue weighted by atomic mass is 32.2. The third-order valence-electron chi connectivity index (χ3n) is 3.77. The minimum Gasteiger partial charge on any atom is -0.393 e. The Hall–Kier alpha value is -1.24. The molecular formula is C14H19NO4S. The van der Waals surface area contributed by atoms with Crippen LogP contribution >= 0.6 is 0 Å². The molecule has 0 aromatic heterocycles. The Labute approximate surface area is 119 Å². The Morgan fingerprint density at radius 1 is 1.35 bits per heavy atom. The lowest BCUT2D eigenvalue weighted by molar-refractivity contribution is 0.101. The molecule has 0 spiro atoms. The van der Waals surface area contributed by atoms with Crippen molar-refractivity contribution in [3.8, 4) is 0 Å². The van der Waals surface area contributed by atoms with Gasteiger partial charge in [-0.2, -0.15) is 4.31 Å². The number of hydrogen-bond acceptors (Lipinski definition) is 4. The second-order valence-corrected chi connectivity index (χ2v) is 7.17. The third-order valence-corrected chi connectivity index (χ3v) is 5.65. The molecule has 0 saturated carbocycles. The second kappa shape index (κ2) is 5.63. The lowest BCUT2D eigenvalue weighted by atomic mass is 10.0. The molecule has 0 radical (unpaired) electrons. The molecule has 6 heteroatoms. The summed E-state index contributed by atoms with van der Waals surface area (Å²) in [6.45, 7) is 3.89. The van der Waals surface area contributed by atoms with Gasteiger partial charge in [0.25, 0.3) is 0 Å². The van der Waals surface area contributed by atoms with Crippen molar-refractivity contribution in [2.75, 3.05) is 13.1 Å². The quantitative estimate of drug-likeness (QED) is 0.850. The van der Waals surface area contributed by atoms with E-state index in [1.165, 1.54) is 35.5 Å². The molecule has 1 heterocycles. The van der Waals surface area contributed by atoms with Gasteiger partial charge in [0.05, 0.1) is 11.0 Å². The topological polar surface area (TPSA) is 74.7 Å². The average molecular weight is 297 g/mol. The van der Waals surface area contributed by atoms with E-state index in [2.05, 4.69) is 0 Å². The standard InChI is InChI=1S/C14H19NO4S/c1-10(16)12-3-5-14(6-4-12)20(18,19)15-8-7-13(9-15)11(2)17/h3-6,11,13,17H,7-9H2,1-2H3. The smallest absolute Gasteiger partial charge is 0.243 e. The molecule has 1 aromatic carbocycles. The molecule has 1 aliphatic heterocycles. The lowest BCUT2D eigenvalue weighted by Crippen LogP contribution is -2.30. The van der Waals surface area contributed by atoms with Crippen LogP contribution in [0.15, 0.2) is 29.2 Å². The first-order valence-corrected chi connectivity index (χ1v) is 8.05. The van der Waals surface area contributed by atoms with Gasteiger partial charge in [-0.25, -0.2) is 8.42 Å². The number of nitrogens with zero attached hydrogens (tertiary/aromatic N) is 1. The fourth-order valence-electron chi connectivity index (χ4n) is 2.38. The van der Waals surface area contributed by atoms with E-state index in [1.54, 1.807) is 6.92 Å². The fraction of sp³-hybridized carbons (Fsp3) is 0.500. The summed E-state index contributed by atoms with van der Waals surface area (Å²) in [6.07, 6.45) is 0.165. The predicted octanol–water partition coefficient (Wildman–Crippen LogP) is 1.28. The van der Waals surface area contributed by atoms with E-state index in [0.29, 0.717) is 25.1 Å². The molecule has 0 bridgehead atoms. The van der Waals surface area contributed by atoms with Gasteiger partial charge in [-0.15, -0.1) is 0 Å². The summed E-state index contributed by atoms with van der Waals surface area (Å²) in [5, 5.41) is 9.54. The van der Waals surface area contributed by atoms with Gasteiger partial charge in [-0.3, -0.25) is 4.79 Å². The summed E-state index contributed by atoms with van der Waals surface area (Å²) in [5.74, 6) is -0.106. The molecule has 2 unspecified atom stereocenters. The van der Waals surface area contributed by atoms with Crippen molar-refractivity contribution >= 4 is 15.8 Å². The van der Waals surface area contributed by atoms with Crippen molar-refractivity contribution in [3.05, 3.63) is 29.8 Å². The van der Waals surface area contributed by atoms with Crippen molar-refractivity contribution in [3.63, 3.8) is 0 Å². The van der Waals surface area contributed by atoms with E-state index >= 15 is 0 Å². The molecule has 0 aliphatic carbocycles. The Balaban J connectivity index is 2.21. The maximum atomic E-state index is 12.4. The summed E-state index contributed by atoms with van der Waals surface area (Å²) >= 11 is 0. The van der Waals surface area contributed by atoms with E-state index in [4.69, 9.17) is 0 Å². The van der Waals surface area contributed by atoms with Crippen LogP contribution in [-0.4, -0.2) is 42.8 Å². The number of ketones is 1. The van der Waals surface area contributed by atoms with Gasteiger partial charge in [0.2, 0.25) is 10.0 Å². The zero-order valence-electron chi connectivity index (χ0n) is 11.6. The molecule has 5 nitrogen and oxygen atoms in total. The number of carbonyl (C=O) groups excluding carboxylic acids is 1. The number of aliphatic hydroxyl groups is 1. The minimum atomic E-state index is -3.54. The van der Waals surface area contributed by atoms with Crippen LogP contribution in [0.3, 0.4) is 0 Å². The van der Waals surface area contributed by atoms with E-state index in [0.717, 1.165) is 0 Å². The summed E-state index contributed by atoms with van der Waals surface area (Å²) in [6, 6.07) is 5.97. The largest absolute Gasteiger partial charge is 0.393 e. The van der Waals surface area contributed by atoms with Crippen molar-refractivity contribution in [1.82, 2.24) is 4.31 Å². The maximum Gasteiger partial charge on any atom is 0.243 e. The molecular weight excluding hydrogens is 278 g/mol. The number of benzene rings is 1. The van der Waals surface area contributed by atoms with Crippen LogP contribution in [0, 0.1) is 5.92 Å². The van der Waals surface area contributed by atoms with Crippen LogP contribution in [0.25, 0.3) is 0 Å². The van der Waals surface area contributed by atoms with Crippen molar-refractivity contribution in [2.24, 2.45) is 5.92 Å². The molecule has 20 heavy (non-hydrogen) atoms. The summed E-state index contributed by atoms with van der Waals surface area (Å²) < 4.78 is 26.3. The number of sulfonamides is 1. The minimum absolute atomic E-state index is 0.0127. The van der Waals surface area contributed by atoms with Crippen LogP contribution in [0.2, 0.25) is 0 Å². The third kappa shape index (κ3) is 2.92. The van der Waals surface area contributed by atoms with Crippen LogP contribution in [0.1, 0.15) is 30.6 Å². The fourth-order valence-corrected chi connectivity index (χ4v) is 3.89. The Kier molecular flexibility index (Phi) is 4.27. The molecule has 1 N–H and O–H groups in total. The Morgan fingerprint density at radius 3 is 2.40 bits per heavy atom. The summed E-state index contributed by atoms with van der Waals surface area (Å²) in [7, 11) is -3.54. The Bertz CT molecular complexity index is 592. The van der Waals surface area contributed by atoms with Gasteiger partial charge in [-0.1, -0.05) is 12.1 Å².